The zero-order valence-electron chi connectivity index (χ0n) is 12.9. The number of phenols is 1. The molecule has 1 aromatic rings. The molecule has 0 unspecified atom stereocenters. The van der Waals surface area contributed by atoms with Crippen LogP contribution in [0.15, 0.2) is 27.7 Å². The number of aliphatic imine (C=N–C) groups is 1. The Hall–Kier alpha value is -1.27. The lowest BCUT2D eigenvalue weighted by Crippen LogP contribution is -2.38. The molecule has 1 aliphatic rings. The molecule has 4 N–H and O–H groups in total. The largest absolute Gasteiger partial charge is 0.507 e. The van der Waals surface area contributed by atoms with Gasteiger partial charge in [0.2, 0.25) is 0 Å². The molecule has 0 bridgehead atoms. The highest BCUT2D eigenvalue weighted by atomic mass is 79.9. The summed E-state index contributed by atoms with van der Waals surface area (Å²) in [6.07, 6.45) is 8.11. The van der Waals surface area contributed by atoms with Gasteiger partial charge in [0.15, 0.2) is 5.96 Å². The second-order valence-corrected chi connectivity index (χ2v) is 6.54. The predicted molar refractivity (Wildman–Crippen MR) is 98.3 cm³/mol. The molecular weight excluding hydrogens is 382 g/mol. The third-order valence-corrected chi connectivity index (χ3v) is 4.33. The minimum absolute atomic E-state index is 0. The first kappa shape index (κ1) is 19.8. The number of aromatic hydroxyl groups is 1. The lowest BCUT2D eigenvalue weighted by atomic mass is 9.97. The van der Waals surface area contributed by atoms with Gasteiger partial charge in [-0.2, -0.15) is 0 Å². The minimum Gasteiger partial charge on any atom is -0.507 e. The van der Waals surface area contributed by atoms with Gasteiger partial charge in [0, 0.05) is 4.47 Å². The van der Waals surface area contributed by atoms with Crippen LogP contribution in [0.3, 0.4) is 0 Å². The predicted octanol–water partition coefficient (Wildman–Crippen LogP) is 3.73. The van der Waals surface area contributed by atoms with E-state index in [-0.39, 0.29) is 35.7 Å². The lowest BCUT2D eigenvalue weighted by Gasteiger charge is -2.16. The summed E-state index contributed by atoms with van der Waals surface area (Å²) in [5, 5.41) is 12.3. The number of hydrogen-bond donors (Lipinski definition) is 3. The number of guanidine groups is 1. The number of benzene rings is 1. The van der Waals surface area contributed by atoms with Gasteiger partial charge in [-0.3, -0.25) is 10.1 Å². The van der Waals surface area contributed by atoms with Crippen molar-refractivity contribution in [2.75, 3.05) is 0 Å². The fraction of sp³-hybridized carbons (Fsp3) is 0.500. The number of carbonyl (C=O) groups excluding carboxylic acids is 1. The van der Waals surface area contributed by atoms with Crippen LogP contribution in [0.25, 0.3) is 0 Å². The van der Waals surface area contributed by atoms with E-state index in [1.54, 1.807) is 12.1 Å². The molecule has 0 spiro atoms. The third kappa shape index (κ3) is 6.39. The van der Waals surface area contributed by atoms with Gasteiger partial charge in [-0.05, 0) is 31.0 Å². The van der Waals surface area contributed by atoms with Gasteiger partial charge in [0.1, 0.15) is 5.75 Å². The van der Waals surface area contributed by atoms with E-state index >= 15 is 0 Å². The quantitative estimate of drug-likeness (QED) is 0.518. The van der Waals surface area contributed by atoms with E-state index in [4.69, 9.17) is 5.73 Å². The Balaban J connectivity index is 0.00000264. The first-order valence-corrected chi connectivity index (χ1v) is 8.48. The van der Waals surface area contributed by atoms with Crippen molar-refractivity contribution in [2.24, 2.45) is 10.7 Å². The van der Waals surface area contributed by atoms with E-state index in [0.29, 0.717) is 4.47 Å². The zero-order valence-corrected chi connectivity index (χ0v) is 15.3. The molecule has 23 heavy (non-hydrogen) atoms. The van der Waals surface area contributed by atoms with Crippen molar-refractivity contribution in [2.45, 2.75) is 51.0 Å². The van der Waals surface area contributed by atoms with Gasteiger partial charge in [-0.25, -0.2) is 4.99 Å². The Labute approximate surface area is 151 Å². The van der Waals surface area contributed by atoms with Gasteiger partial charge in [0.05, 0.1) is 11.6 Å². The average molecular weight is 405 g/mol. The van der Waals surface area contributed by atoms with Crippen molar-refractivity contribution in [1.29, 1.82) is 0 Å². The maximum Gasteiger partial charge on any atom is 0.261 e. The molecule has 1 saturated carbocycles. The molecular formula is C16H23BrClN3O2. The Morgan fingerprint density at radius 1 is 1.22 bits per heavy atom. The summed E-state index contributed by atoms with van der Waals surface area (Å²) in [6, 6.07) is 4.85. The van der Waals surface area contributed by atoms with Gasteiger partial charge < -0.3 is 10.8 Å². The van der Waals surface area contributed by atoms with Crippen LogP contribution in [0.1, 0.15) is 55.3 Å². The fourth-order valence-electron chi connectivity index (χ4n) is 2.67. The van der Waals surface area contributed by atoms with Crippen LogP contribution in [-0.4, -0.2) is 23.0 Å². The molecule has 128 valence electrons. The second kappa shape index (κ2) is 9.78. The first-order chi connectivity index (χ1) is 10.6. The molecule has 5 nitrogen and oxygen atoms in total. The Bertz CT molecular complexity index is 558. The highest BCUT2D eigenvalue weighted by Crippen LogP contribution is 2.22. The summed E-state index contributed by atoms with van der Waals surface area (Å²) < 4.78 is 0.714. The number of carbonyl (C=O) groups is 1. The number of nitrogens with one attached hydrogen (secondary N) is 1. The Morgan fingerprint density at radius 2 is 1.83 bits per heavy atom. The smallest absolute Gasteiger partial charge is 0.261 e. The van der Waals surface area contributed by atoms with E-state index < -0.39 is 5.91 Å². The van der Waals surface area contributed by atoms with Gasteiger partial charge in [-0.15, -0.1) is 12.4 Å². The van der Waals surface area contributed by atoms with Crippen molar-refractivity contribution < 1.29 is 9.90 Å². The molecule has 0 atom stereocenters. The summed E-state index contributed by atoms with van der Waals surface area (Å²) in [5.41, 5.74) is 6.02. The monoisotopic (exact) mass is 403 g/mol. The molecule has 1 aliphatic carbocycles. The molecule has 0 aliphatic heterocycles. The maximum absolute atomic E-state index is 12.1. The Kier molecular flexibility index (Phi) is 8.41. The van der Waals surface area contributed by atoms with Crippen LogP contribution in [-0.2, 0) is 0 Å². The second-order valence-electron chi connectivity index (χ2n) is 5.63. The third-order valence-electron chi connectivity index (χ3n) is 3.84. The van der Waals surface area contributed by atoms with Crippen LogP contribution in [0.2, 0.25) is 0 Å². The molecule has 2 rings (SSSR count). The van der Waals surface area contributed by atoms with E-state index in [1.807, 2.05) is 0 Å². The van der Waals surface area contributed by atoms with E-state index in [0.717, 1.165) is 25.7 Å². The fourth-order valence-corrected chi connectivity index (χ4v) is 3.03. The molecule has 0 aromatic heterocycles. The normalized spacial score (nSPS) is 16.8. The summed E-state index contributed by atoms with van der Waals surface area (Å²) in [7, 11) is 0. The maximum atomic E-state index is 12.1. The van der Waals surface area contributed by atoms with E-state index in [2.05, 4.69) is 26.2 Å². The van der Waals surface area contributed by atoms with Crippen molar-refractivity contribution in [1.82, 2.24) is 5.32 Å². The topological polar surface area (TPSA) is 87.7 Å². The SMILES string of the molecule is Cl.NC(=NC1CCCCCCC1)NC(=O)c1cc(Br)ccc1O. The van der Waals surface area contributed by atoms with Crippen LogP contribution in [0, 0.1) is 0 Å². The van der Waals surface area contributed by atoms with Crippen LogP contribution in [0.4, 0.5) is 0 Å². The van der Waals surface area contributed by atoms with Crippen molar-refractivity contribution in [3.8, 4) is 5.75 Å². The standard InChI is InChI=1S/C16H22BrN3O2.ClH/c17-11-8-9-14(21)13(10-11)15(22)20-16(18)19-12-6-4-2-1-3-5-7-12;/h8-10,12,21H,1-7H2,(H3,18,19,20,22);1H. The minimum atomic E-state index is -0.453. The number of amides is 1. The molecule has 7 heteroatoms. The van der Waals surface area contributed by atoms with Crippen LogP contribution in [0.5, 0.6) is 5.75 Å². The highest BCUT2D eigenvalue weighted by Gasteiger charge is 2.14. The van der Waals surface area contributed by atoms with Crippen LogP contribution >= 0.6 is 28.3 Å². The van der Waals surface area contributed by atoms with Gasteiger partial charge in [0.25, 0.3) is 5.91 Å². The molecule has 1 fully saturated rings. The van der Waals surface area contributed by atoms with E-state index in [9.17, 15) is 9.90 Å². The molecule has 0 saturated heterocycles. The number of rotatable bonds is 2. The molecule has 1 amide bonds. The van der Waals surface area contributed by atoms with Crippen molar-refractivity contribution in [3.05, 3.63) is 28.2 Å². The van der Waals surface area contributed by atoms with Crippen molar-refractivity contribution >= 4 is 40.2 Å². The number of nitrogens with two attached hydrogens (primary N) is 1. The Morgan fingerprint density at radius 3 is 2.48 bits per heavy atom. The van der Waals surface area contributed by atoms with E-state index in [1.165, 1.54) is 25.3 Å². The average Bonchev–Trinajstić information content (AvgIpc) is 2.44. The molecule has 0 radical (unpaired) electrons. The number of nitrogens with zero attached hydrogens (tertiary/aromatic N) is 1. The summed E-state index contributed by atoms with van der Waals surface area (Å²) in [4.78, 5) is 16.6. The number of phenolic OH excluding ortho intramolecular Hbond substituents is 1. The van der Waals surface area contributed by atoms with Crippen molar-refractivity contribution in [3.63, 3.8) is 0 Å². The van der Waals surface area contributed by atoms with Crippen LogP contribution < -0.4 is 11.1 Å². The summed E-state index contributed by atoms with van der Waals surface area (Å²) in [6.45, 7) is 0. The molecule has 0 heterocycles. The zero-order chi connectivity index (χ0) is 15.9. The van der Waals surface area contributed by atoms with Gasteiger partial charge in [-0.1, -0.05) is 48.0 Å². The highest BCUT2D eigenvalue weighted by molar-refractivity contribution is 9.10. The van der Waals surface area contributed by atoms with Gasteiger partial charge >= 0.3 is 0 Å². The summed E-state index contributed by atoms with van der Waals surface area (Å²) >= 11 is 3.27. The number of halogens is 2. The lowest BCUT2D eigenvalue weighted by molar-refractivity contribution is 0.0974. The number of hydrogen-bond acceptors (Lipinski definition) is 3. The first-order valence-electron chi connectivity index (χ1n) is 7.69. The molecule has 1 aromatic carbocycles. The summed E-state index contributed by atoms with van der Waals surface area (Å²) in [5.74, 6) is -0.416.